The molecule has 192 valence electrons. The normalized spacial score (nSPS) is 11.7. The van der Waals surface area contributed by atoms with Gasteiger partial charge in [0.2, 0.25) is 0 Å². The number of aliphatic hydroxyl groups excluding tert-OH is 2. The van der Waals surface area contributed by atoms with E-state index >= 15 is 0 Å². The summed E-state index contributed by atoms with van der Waals surface area (Å²) in [5.74, 6) is 0.148. The van der Waals surface area contributed by atoms with Crippen LogP contribution in [0.1, 0.15) is 37.1 Å². The van der Waals surface area contributed by atoms with Crippen molar-refractivity contribution < 1.29 is 26.1 Å². The molecule has 0 saturated carbocycles. The number of hydrogen-bond acceptors (Lipinski definition) is 5. The zero-order valence-electron chi connectivity index (χ0n) is 19.2. The first-order valence-electron chi connectivity index (χ1n) is 10.1. The number of nitrogens with one attached hydrogen (secondary N) is 2. The number of rotatable bonds is 5. The number of non-ortho nitro benzene ring substituents is 1. The molecule has 13 heteroatoms. The van der Waals surface area contributed by atoms with Crippen molar-refractivity contribution in [1.29, 1.82) is 0 Å². The number of hydrogen-bond donors (Lipinski definition) is 5. The molecule has 0 bridgehead atoms. The number of aromatic nitrogens is 2. The van der Waals surface area contributed by atoms with Gasteiger partial charge in [-0.1, -0.05) is 13.8 Å². The van der Waals surface area contributed by atoms with Gasteiger partial charge in [0.05, 0.1) is 18.1 Å². The Kier molecular flexibility index (Phi) is 14.9. The molecule has 0 aliphatic rings. The molecule has 2 aromatic heterocycles. The van der Waals surface area contributed by atoms with Gasteiger partial charge in [-0.3, -0.25) is 10.1 Å². The van der Waals surface area contributed by atoms with Crippen LogP contribution in [0.5, 0.6) is 0 Å². The van der Waals surface area contributed by atoms with E-state index in [1.165, 1.54) is 12.1 Å². The third-order valence-corrected chi connectivity index (χ3v) is 5.11. The summed E-state index contributed by atoms with van der Waals surface area (Å²) >= 11 is -0.826. The Morgan fingerprint density at radius 1 is 0.914 bits per heavy atom. The van der Waals surface area contributed by atoms with E-state index in [0.717, 1.165) is 38.9 Å². The Hall–Kier alpha value is -2.06. The zero-order valence-corrected chi connectivity index (χ0v) is 23.5. The van der Waals surface area contributed by atoms with Gasteiger partial charge >= 0.3 is 36.7 Å². The number of halogens is 2. The number of aliphatic hydroxyl groups is 2. The van der Waals surface area contributed by atoms with Crippen molar-refractivity contribution in [3.05, 3.63) is 70.0 Å². The van der Waals surface area contributed by atoms with Gasteiger partial charge in [0.15, 0.2) is 0 Å². The van der Waals surface area contributed by atoms with Gasteiger partial charge in [0, 0.05) is 62.8 Å². The first-order chi connectivity index (χ1) is 15.7. The molecule has 0 spiro atoms. The van der Waals surface area contributed by atoms with Crippen molar-refractivity contribution in [3.63, 3.8) is 0 Å². The molecule has 2 radical (unpaired) electrons. The molecule has 2 unspecified atom stereocenters. The van der Waals surface area contributed by atoms with Crippen LogP contribution >= 0.6 is 17.8 Å². The van der Waals surface area contributed by atoms with E-state index in [9.17, 15) is 10.1 Å². The minimum atomic E-state index is -0.826. The molecule has 10 N–H and O–H groups in total. The van der Waals surface area contributed by atoms with Gasteiger partial charge in [-0.25, -0.2) is 0 Å². The Balaban J connectivity index is 0.000000568. The summed E-state index contributed by atoms with van der Waals surface area (Å²) in [4.78, 5) is 16.6. The molecular formula is C22H30Cl2N4O6Sn. The minimum absolute atomic E-state index is 0. The van der Waals surface area contributed by atoms with Crippen LogP contribution in [-0.2, 0) is 0 Å². The second-order valence-corrected chi connectivity index (χ2v) is 11.8. The van der Waals surface area contributed by atoms with E-state index in [1.807, 2.05) is 44.2 Å². The van der Waals surface area contributed by atoms with Crippen molar-refractivity contribution in [2.45, 2.75) is 25.7 Å². The van der Waals surface area contributed by atoms with E-state index in [1.54, 1.807) is 6.07 Å². The van der Waals surface area contributed by atoms with Crippen LogP contribution in [-0.4, -0.2) is 68.2 Å². The van der Waals surface area contributed by atoms with E-state index in [-0.39, 0.29) is 41.7 Å². The van der Waals surface area contributed by atoms with E-state index in [2.05, 4.69) is 9.97 Å². The van der Waals surface area contributed by atoms with Gasteiger partial charge in [-0.2, -0.15) is 0 Å². The number of nitrogens with zero attached hydrogens (tertiary/aromatic N) is 1. The number of nitro groups is 1. The number of H-pyrrole nitrogens is 2. The SMILES string of the molecule is CC(CO)c1cc2cc(N)ccc2[nH]1.CC(CO)c1cc2cc([N+](=O)[O-])ccc2[nH]1.O.O.[Cl][Sn][Cl]. The number of benzene rings is 2. The first kappa shape index (κ1) is 32.9. The van der Waals surface area contributed by atoms with E-state index in [0.29, 0.717) is 0 Å². The summed E-state index contributed by atoms with van der Waals surface area (Å²) < 4.78 is 0. The predicted molar refractivity (Wildman–Crippen MR) is 143 cm³/mol. The summed E-state index contributed by atoms with van der Waals surface area (Å²) in [6.45, 7) is 4.07. The van der Waals surface area contributed by atoms with Gasteiger partial charge < -0.3 is 36.9 Å². The zero-order chi connectivity index (χ0) is 24.5. The van der Waals surface area contributed by atoms with Crippen molar-refractivity contribution in [2.75, 3.05) is 18.9 Å². The van der Waals surface area contributed by atoms with Gasteiger partial charge in [-0.15, -0.1) is 0 Å². The number of aromatic amines is 2. The summed E-state index contributed by atoms with van der Waals surface area (Å²) in [6, 6.07) is 14.3. The first-order valence-corrected chi connectivity index (χ1v) is 17.3. The fourth-order valence-corrected chi connectivity index (χ4v) is 3.16. The Bertz CT molecular complexity index is 1200. The van der Waals surface area contributed by atoms with Crippen LogP contribution in [0, 0.1) is 10.1 Å². The van der Waals surface area contributed by atoms with Crippen LogP contribution in [0.15, 0.2) is 48.5 Å². The molecule has 4 aromatic rings. The summed E-state index contributed by atoms with van der Waals surface area (Å²) in [6.07, 6.45) is 0. The maximum absolute atomic E-state index is 10.6. The molecule has 0 aliphatic carbocycles. The van der Waals surface area contributed by atoms with Crippen LogP contribution in [0.3, 0.4) is 0 Å². The fraction of sp³-hybridized carbons (Fsp3) is 0.273. The van der Waals surface area contributed by atoms with Gasteiger partial charge in [0.1, 0.15) is 0 Å². The third-order valence-electron chi connectivity index (χ3n) is 5.11. The molecule has 0 amide bonds. The molecule has 2 heterocycles. The van der Waals surface area contributed by atoms with Crippen molar-refractivity contribution in [1.82, 2.24) is 9.97 Å². The van der Waals surface area contributed by atoms with Crippen LogP contribution in [0.2, 0.25) is 0 Å². The number of fused-ring (bicyclic) bond motifs is 2. The molecule has 2 atom stereocenters. The Morgan fingerprint density at radius 2 is 1.34 bits per heavy atom. The molecular weight excluding hydrogens is 606 g/mol. The van der Waals surface area contributed by atoms with Crippen molar-refractivity contribution >= 4 is 69.9 Å². The van der Waals surface area contributed by atoms with Crippen LogP contribution in [0.25, 0.3) is 21.8 Å². The number of nitro benzene ring substituents is 1. The summed E-state index contributed by atoms with van der Waals surface area (Å²) in [5.41, 5.74) is 10.4. The summed E-state index contributed by atoms with van der Waals surface area (Å²) in [7, 11) is 9.87. The monoisotopic (exact) mass is 636 g/mol. The second-order valence-electron chi connectivity index (χ2n) is 7.56. The topological polar surface area (TPSA) is 204 Å². The summed E-state index contributed by atoms with van der Waals surface area (Å²) in [5, 5.41) is 30.5. The molecule has 0 fully saturated rings. The fourth-order valence-electron chi connectivity index (χ4n) is 3.16. The molecule has 35 heavy (non-hydrogen) atoms. The van der Waals surface area contributed by atoms with E-state index < -0.39 is 23.8 Å². The molecule has 10 nitrogen and oxygen atoms in total. The Labute approximate surface area is 219 Å². The average Bonchev–Trinajstić information content (AvgIpc) is 3.42. The van der Waals surface area contributed by atoms with E-state index in [4.69, 9.17) is 33.8 Å². The van der Waals surface area contributed by atoms with Gasteiger partial charge in [-0.05, 0) is 36.4 Å². The standard InChI is InChI=1S/C11H12N2O3.C11H14N2O.2ClH.2H2O.Sn/c1-7(6-14)11-5-8-4-9(13(15)16)2-3-10(8)12-11;1-7(6-14)11-5-8-4-9(12)2-3-10(8)13-11;;;;;/h2-5,7,12,14H,6H2,1H3;2-5,7,13-14H,6,12H2,1H3;2*1H;2*1H2;/q;;;;;;+2/p-2. The van der Waals surface area contributed by atoms with Crippen molar-refractivity contribution in [2.24, 2.45) is 0 Å². The molecule has 0 saturated heterocycles. The average molecular weight is 636 g/mol. The molecule has 0 aliphatic heterocycles. The van der Waals surface area contributed by atoms with Crippen LogP contribution < -0.4 is 5.73 Å². The number of nitrogen functional groups attached to an aromatic ring is 1. The quantitative estimate of drug-likeness (QED) is 0.0965. The third kappa shape index (κ3) is 9.15. The predicted octanol–water partition coefficient (Wildman–Crippen LogP) is 3.37. The van der Waals surface area contributed by atoms with Crippen molar-refractivity contribution in [3.8, 4) is 0 Å². The Morgan fingerprint density at radius 3 is 1.77 bits per heavy atom. The maximum atomic E-state index is 10.6. The molecule has 2 aromatic carbocycles. The second kappa shape index (κ2) is 15.8. The molecule has 4 rings (SSSR count). The van der Waals surface area contributed by atoms with Crippen LogP contribution in [0.4, 0.5) is 11.4 Å². The van der Waals surface area contributed by atoms with Gasteiger partial charge in [0.25, 0.3) is 5.69 Å². The number of anilines is 1. The number of nitrogens with two attached hydrogens (primary N) is 1.